The molecule has 0 radical (unpaired) electrons. The van der Waals surface area contributed by atoms with E-state index in [1.807, 2.05) is 11.3 Å². The summed E-state index contributed by atoms with van der Waals surface area (Å²) in [6.45, 7) is 8.30. The van der Waals surface area contributed by atoms with Gasteiger partial charge in [-0.1, -0.05) is 19.9 Å². The zero-order valence-electron chi connectivity index (χ0n) is 13.3. The maximum Gasteiger partial charge on any atom is 0.137 e. The lowest BCUT2D eigenvalue weighted by atomic mass is 10.0. The first-order valence-electron chi connectivity index (χ1n) is 7.45. The Labute approximate surface area is 131 Å². The van der Waals surface area contributed by atoms with E-state index in [1.165, 1.54) is 10.4 Å². The lowest BCUT2D eigenvalue weighted by molar-refractivity contribution is 0.803. The molecule has 0 aliphatic carbocycles. The average Bonchev–Trinajstić information content (AvgIpc) is 2.98. The van der Waals surface area contributed by atoms with Crippen molar-refractivity contribution in [3.63, 3.8) is 0 Å². The summed E-state index contributed by atoms with van der Waals surface area (Å²) < 4.78 is 0. The normalized spacial score (nSPS) is 10.9. The first-order chi connectivity index (χ1) is 10.1. The molecule has 0 bridgehead atoms. The molecule has 0 saturated heterocycles. The Morgan fingerprint density at radius 2 is 2.14 bits per heavy atom. The van der Waals surface area contributed by atoms with E-state index in [4.69, 9.17) is 0 Å². The van der Waals surface area contributed by atoms with Gasteiger partial charge < -0.3 is 10.2 Å². The second-order valence-electron chi connectivity index (χ2n) is 5.40. The highest BCUT2D eigenvalue weighted by atomic mass is 32.1. The molecule has 21 heavy (non-hydrogen) atoms. The number of likely N-dealkylation sites (N-methyl/N-ethyl adjacent to an activating group) is 1. The van der Waals surface area contributed by atoms with Gasteiger partial charge in [0.25, 0.3) is 0 Å². The SMILES string of the molecule is CCNc1ncnc(N(C)CCc2cccs2)c1C(C)C. The van der Waals surface area contributed by atoms with Crippen LogP contribution < -0.4 is 10.2 Å². The third kappa shape index (κ3) is 3.94. The van der Waals surface area contributed by atoms with Gasteiger partial charge in [-0.25, -0.2) is 9.97 Å². The van der Waals surface area contributed by atoms with Gasteiger partial charge >= 0.3 is 0 Å². The van der Waals surface area contributed by atoms with E-state index >= 15 is 0 Å². The molecule has 0 saturated carbocycles. The second kappa shape index (κ2) is 7.41. The minimum absolute atomic E-state index is 0.388. The van der Waals surface area contributed by atoms with Crippen LogP contribution in [0.25, 0.3) is 0 Å². The fourth-order valence-corrected chi connectivity index (χ4v) is 3.07. The molecule has 1 N–H and O–H groups in total. The van der Waals surface area contributed by atoms with Crippen LogP contribution in [0.5, 0.6) is 0 Å². The number of aromatic nitrogens is 2. The summed E-state index contributed by atoms with van der Waals surface area (Å²) in [6, 6.07) is 4.29. The number of thiophene rings is 1. The number of rotatable bonds is 7. The van der Waals surface area contributed by atoms with Crippen LogP contribution >= 0.6 is 11.3 Å². The van der Waals surface area contributed by atoms with Crippen molar-refractivity contribution < 1.29 is 0 Å². The van der Waals surface area contributed by atoms with Gasteiger partial charge in [0.05, 0.1) is 0 Å². The van der Waals surface area contributed by atoms with Gasteiger partial charge in [0.1, 0.15) is 18.0 Å². The van der Waals surface area contributed by atoms with E-state index in [0.29, 0.717) is 5.92 Å². The molecule has 0 amide bonds. The molecular weight excluding hydrogens is 280 g/mol. The maximum atomic E-state index is 4.52. The minimum Gasteiger partial charge on any atom is -0.370 e. The van der Waals surface area contributed by atoms with Gasteiger partial charge in [-0.05, 0) is 30.7 Å². The van der Waals surface area contributed by atoms with Crippen molar-refractivity contribution in [2.45, 2.75) is 33.1 Å². The highest BCUT2D eigenvalue weighted by Gasteiger charge is 2.17. The second-order valence-corrected chi connectivity index (χ2v) is 6.43. The van der Waals surface area contributed by atoms with E-state index in [9.17, 15) is 0 Å². The van der Waals surface area contributed by atoms with Crippen molar-refractivity contribution in [1.82, 2.24) is 9.97 Å². The van der Waals surface area contributed by atoms with Crippen LogP contribution in [0.15, 0.2) is 23.8 Å². The van der Waals surface area contributed by atoms with Crippen LogP contribution in [0.3, 0.4) is 0 Å². The van der Waals surface area contributed by atoms with Crippen LogP contribution in [0, 0.1) is 0 Å². The molecule has 2 rings (SSSR count). The number of hydrogen-bond acceptors (Lipinski definition) is 5. The number of nitrogens with zero attached hydrogens (tertiary/aromatic N) is 3. The molecule has 0 fully saturated rings. The van der Waals surface area contributed by atoms with Crippen molar-refractivity contribution in [3.8, 4) is 0 Å². The Hall–Kier alpha value is -1.62. The fraction of sp³-hybridized carbons (Fsp3) is 0.500. The van der Waals surface area contributed by atoms with Crippen LogP contribution in [0.1, 0.15) is 37.1 Å². The van der Waals surface area contributed by atoms with Crippen molar-refractivity contribution in [2.75, 3.05) is 30.4 Å². The molecule has 0 aliphatic heterocycles. The van der Waals surface area contributed by atoms with Crippen molar-refractivity contribution in [3.05, 3.63) is 34.3 Å². The molecule has 0 aliphatic rings. The molecule has 0 atom stereocenters. The summed E-state index contributed by atoms with van der Waals surface area (Å²) in [5, 5.41) is 5.47. The molecule has 4 nitrogen and oxygen atoms in total. The van der Waals surface area contributed by atoms with E-state index in [2.05, 4.69) is 65.5 Å². The van der Waals surface area contributed by atoms with Gasteiger partial charge in [0, 0.05) is 30.6 Å². The third-order valence-electron chi connectivity index (χ3n) is 3.42. The van der Waals surface area contributed by atoms with Crippen LogP contribution in [-0.4, -0.2) is 30.1 Å². The summed E-state index contributed by atoms with van der Waals surface area (Å²) in [6.07, 6.45) is 2.70. The average molecular weight is 304 g/mol. The Morgan fingerprint density at radius 3 is 2.76 bits per heavy atom. The fourth-order valence-electron chi connectivity index (χ4n) is 2.37. The van der Waals surface area contributed by atoms with Gasteiger partial charge in [-0.3, -0.25) is 0 Å². The summed E-state index contributed by atoms with van der Waals surface area (Å²) in [7, 11) is 2.11. The van der Waals surface area contributed by atoms with Gasteiger partial charge in [-0.15, -0.1) is 11.3 Å². The topological polar surface area (TPSA) is 41.1 Å². The van der Waals surface area contributed by atoms with Crippen LogP contribution in [0.2, 0.25) is 0 Å². The van der Waals surface area contributed by atoms with Gasteiger partial charge in [0.2, 0.25) is 0 Å². The standard InChI is InChI=1S/C16H24N4S/c1-5-17-15-14(12(2)3)16(19-11-18-15)20(4)9-8-13-7-6-10-21-13/h6-7,10-12H,5,8-9H2,1-4H3,(H,17,18,19). The molecule has 2 aromatic rings. The predicted molar refractivity (Wildman–Crippen MR) is 91.6 cm³/mol. The smallest absolute Gasteiger partial charge is 0.137 e. The molecule has 2 aromatic heterocycles. The summed E-state index contributed by atoms with van der Waals surface area (Å²) in [4.78, 5) is 12.6. The first kappa shape index (κ1) is 15.8. The highest BCUT2D eigenvalue weighted by molar-refractivity contribution is 7.09. The van der Waals surface area contributed by atoms with Gasteiger partial charge in [0.15, 0.2) is 0 Å². The summed E-state index contributed by atoms with van der Waals surface area (Å²) in [5.41, 5.74) is 1.20. The Kier molecular flexibility index (Phi) is 5.56. The van der Waals surface area contributed by atoms with Crippen LogP contribution in [0.4, 0.5) is 11.6 Å². The highest BCUT2D eigenvalue weighted by Crippen LogP contribution is 2.30. The first-order valence-corrected chi connectivity index (χ1v) is 8.33. The largest absolute Gasteiger partial charge is 0.370 e. The monoisotopic (exact) mass is 304 g/mol. The third-order valence-corrected chi connectivity index (χ3v) is 4.36. The molecule has 0 spiro atoms. The molecule has 5 heteroatoms. The molecule has 0 unspecified atom stereocenters. The Morgan fingerprint density at radius 1 is 1.33 bits per heavy atom. The predicted octanol–water partition coefficient (Wildman–Crippen LogP) is 3.77. The van der Waals surface area contributed by atoms with E-state index in [1.54, 1.807) is 6.33 Å². The lowest BCUT2D eigenvalue weighted by Gasteiger charge is -2.24. The zero-order chi connectivity index (χ0) is 15.2. The van der Waals surface area contributed by atoms with Crippen LogP contribution in [-0.2, 0) is 6.42 Å². The van der Waals surface area contributed by atoms with Crippen molar-refractivity contribution in [2.24, 2.45) is 0 Å². The molecule has 0 aromatic carbocycles. The zero-order valence-corrected chi connectivity index (χ0v) is 14.1. The molecule has 114 valence electrons. The number of hydrogen-bond donors (Lipinski definition) is 1. The minimum atomic E-state index is 0.388. The Bertz CT molecular complexity index is 551. The lowest BCUT2D eigenvalue weighted by Crippen LogP contribution is -2.24. The van der Waals surface area contributed by atoms with E-state index < -0.39 is 0 Å². The van der Waals surface area contributed by atoms with E-state index in [0.717, 1.165) is 31.1 Å². The number of anilines is 2. The van der Waals surface area contributed by atoms with Crippen molar-refractivity contribution in [1.29, 1.82) is 0 Å². The molecular formula is C16H24N4S. The number of nitrogens with one attached hydrogen (secondary N) is 1. The van der Waals surface area contributed by atoms with Crippen molar-refractivity contribution >= 4 is 23.0 Å². The Balaban J connectivity index is 2.18. The van der Waals surface area contributed by atoms with Gasteiger partial charge in [-0.2, -0.15) is 0 Å². The molecule has 2 heterocycles. The maximum absolute atomic E-state index is 4.52. The quantitative estimate of drug-likeness (QED) is 0.845. The summed E-state index contributed by atoms with van der Waals surface area (Å²) in [5.74, 6) is 2.38. The van der Waals surface area contributed by atoms with E-state index in [-0.39, 0.29) is 0 Å². The summed E-state index contributed by atoms with van der Waals surface area (Å²) >= 11 is 1.81.